The van der Waals surface area contributed by atoms with Gasteiger partial charge in [0.1, 0.15) is 17.0 Å². The lowest BCUT2D eigenvalue weighted by Crippen LogP contribution is -2.37. The minimum Gasteiger partial charge on any atom is -0.497 e. The Labute approximate surface area is 146 Å². The predicted octanol–water partition coefficient (Wildman–Crippen LogP) is 2.00. The smallest absolute Gasteiger partial charge is 0.228 e. The van der Waals surface area contributed by atoms with E-state index in [1.54, 1.807) is 13.4 Å². The Morgan fingerprint density at radius 3 is 2.84 bits per heavy atom. The molecule has 1 fully saturated rings. The van der Waals surface area contributed by atoms with Gasteiger partial charge in [0.2, 0.25) is 5.95 Å². The molecule has 0 unspecified atom stereocenters. The van der Waals surface area contributed by atoms with Crippen LogP contribution in [0.4, 0.5) is 5.95 Å². The molecule has 129 valence electrons. The van der Waals surface area contributed by atoms with Gasteiger partial charge in [-0.3, -0.25) is 0 Å². The van der Waals surface area contributed by atoms with E-state index in [1.807, 2.05) is 18.2 Å². The van der Waals surface area contributed by atoms with Crippen molar-refractivity contribution in [3.63, 3.8) is 0 Å². The normalized spacial score (nSPS) is 15.7. The summed E-state index contributed by atoms with van der Waals surface area (Å²) in [5, 5.41) is 0. The molecule has 2 aromatic heterocycles. The van der Waals surface area contributed by atoms with Crippen LogP contribution in [0.2, 0.25) is 0 Å². The van der Waals surface area contributed by atoms with Crippen LogP contribution in [-0.4, -0.2) is 46.7 Å². The van der Waals surface area contributed by atoms with Crippen molar-refractivity contribution in [1.29, 1.82) is 0 Å². The molecule has 0 spiro atoms. The molecular weight excluding hydrogens is 316 g/mol. The summed E-state index contributed by atoms with van der Waals surface area (Å²) in [6, 6.07) is 8.88. The highest BCUT2D eigenvalue weighted by Crippen LogP contribution is 2.28. The minimum atomic E-state index is 0.599. The van der Waals surface area contributed by atoms with E-state index in [1.165, 1.54) is 0 Å². The van der Waals surface area contributed by atoms with Crippen molar-refractivity contribution in [2.45, 2.75) is 12.8 Å². The summed E-state index contributed by atoms with van der Waals surface area (Å²) in [7, 11) is 1.64. The van der Waals surface area contributed by atoms with E-state index in [2.05, 4.69) is 25.9 Å². The van der Waals surface area contributed by atoms with E-state index < -0.39 is 0 Å². The number of benzene rings is 1. The summed E-state index contributed by atoms with van der Waals surface area (Å²) in [6.45, 7) is 2.60. The van der Waals surface area contributed by atoms with Crippen LogP contribution in [0.3, 0.4) is 0 Å². The van der Waals surface area contributed by atoms with E-state index in [9.17, 15) is 0 Å². The molecule has 25 heavy (non-hydrogen) atoms. The van der Waals surface area contributed by atoms with Crippen molar-refractivity contribution in [2.75, 3.05) is 31.6 Å². The van der Waals surface area contributed by atoms with Crippen LogP contribution < -0.4 is 15.4 Å². The van der Waals surface area contributed by atoms with Gasteiger partial charge < -0.3 is 20.4 Å². The molecule has 0 atom stereocenters. The SMILES string of the molecule is COc1c[c]c(-c2nc(N3CCC(CN)CC3)nc3[nH]cnc23)cc1. The van der Waals surface area contributed by atoms with Gasteiger partial charge in [0.25, 0.3) is 0 Å². The lowest BCUT2D eigenvalue weighted by atomic mass is 9.97. The van der Waals surface area contributed by atoms with Gasteiger partial charge in [-0.2, -0.15) is 4.98 Å². The summed E-state index contributed by atoms with van der Waals surface area (Å²) in [5.74, 6) is 2.09. The average Bonchev–Trinajstić information content (AvgIpc) is 3.16. The zero-order valence-corrected chi connectivity index (χ0v) is 14.2. The fourth-order valence-electron chi connectivity index (χ4n) is 3.21. The molecule has 1 aliphatic rings. The number of imidazole rings is 1. The number of aromatic amines is 1. The van der Waals surface area contributed by atoms with Crippen molar-refractivity contribution >= 4 is 17.1 Å². The Kier molecular flexibility index (Phi) is 4.23. The second-order valence-corrected chi connectivity index (χ2v) is 6.28. The number of hydrogen-bond acceptors (Lipinski definition) is 6. The maximum Gasteiger partial charge on any atom is 0.228 e. The Balaban J connectivity index is 1.72. The number of H-pyrrole nitrogens is 1. The quantitative estimate of drug-likeness (QED) is 0.756. The third-order valence-corrected chi connectivity index (χ3v) is 4.77. The van der Waals surface area contributed by atoms with Crippen molar-refractivity contribution < 1.29 is 4.74 Å². The Bertz CT molecular complexity index is 852. The molecular formula is C18H21N6O. The largest absolute Gasteiger partial charge is 0.497 e. The minimum absolute atomic E-state index is 0.599. The van der Waals surface area contributed by atoms with Crippen LogP contribution in [-0.2, 0) is 0 Å². The van der Waals surface area contributed by atoms with Gasteiger partial charge in [-0.1, -0.05) is 0 Å². The Hall–Kier alpha value is -2.67. The first-order chi connectivity index (χ1) is 12.3. The van der Waals surface area contributed by atoms with E-state index in [-0.39, 0.29) is 0 Å². The number of nitrogens with two attached hydrogens (primary N) is 1. The number of aromatic nitrogens is 4. The summed E-state index contributed by atoms with van der Waals surface area (Å²) in [5.41, 5.74) is 8.94. The predicted molar refractivity (Wildman–Crippen MR) is 96.5 cm³/mol. The fraction of sp³-hybridized carbons (Fsp3) is 0.389. The van der Waals surface area contributed by atoms with Crippen LogP contribution in [0, 0.1) is 12.0 Å². The van der Waals surface area contributed by atoms with Crippen molar-refractivity contribution in [2.24, 2.45) is 11.7 Å². The standard InChI is InChI=1S/C18H21N6O/c1-25-14-4-2-13(3-5-14)15-16-17(21-11-20-16)23-18(22-15)24-8-6-12(10-19)7-9-24/h2,4-5,11-12H,6-10,19H2,1H3,(H,20,21,22,23). The molecule has 1 aliphatic heterocycles. The van der Waals surface area contributed by atoms with E-state index in [4.69, 9.17) is 15.5 Å². The topological polar surface area (TPSA) is 93.0 Å². The molecule has 1 aromatic carbocycles. The lowest BCUT2D eigenvalue weighted by molar-refractivity contribution is 0.411. The van der Waals surface area contributed by atoms with Crippen LogP contribution in [0.1, 0.15) is 12.8 Å². The first kappa shape index (κ1) is 15.8. The third-order valence-electron chi connectivity index (χ3n) is 4.77. The molecule has 3 N–H and O–H groups in total. The second-order valence-electron chi connectivity index (χ2n) is 6.28. The number of ether oxygens (including phenoxy) is 1. The highest BCUT2D eigenvalue weighted by Gasteiger charge is 2.22. The fourth-order valence-corrected chi connectivity index (χ4v) is 3.21. The number of piperidine rings is 1. The maximum absolute atomic E-state index is 5.79. The van der Waals surface area contributed by atoms with Gasteiger partial charge >= 0.3 is 0 Å². The monoisotopic (exact) mass is 337 g/mol. The van der Waals surface area contributed by atoms with Crippen molar-refractivity contribution in [3.05, 3.63) is 30.6 Å². The summed E-state index contributed by atoms with van der Waals surface area (Å²) >= 11 is 0. The third kappa shape index (κ3) is 3.02. The van der Waals surface area contributed by atoms with E-state index in [0.717, 1.165) is 66.6 Å². The maximum atomic E-state index is 5.79. The number of hydrogen-bond donors (Lipinski definition) is 2. The van der Waals surface area contributed by atoms with Gasteiger partial charge in [0, 0.05) is 18.7 Å². The van der Waals surface area contributed by atoms with Gasteiger partial charge in [-0.05, 0) is 49.6 Å². The molecule has 0 amide bonds. The number of nitrogens with one attached hydrogen (secondary N) is 1. The van der Waals surface area contributed by atoms with Gasteiger partial charge in [0.15, 0.2) is 5.65 Å². The highest BCUT2D eigenvalue weighted by molar-refractivity contribution is 5.87. The molecule has 7 nitrogen and oxygen atoms in total. The average molecular weight is 337 g/mol. The van der Waals surface area contributed by atoms with Crippen LogP contribution >= 0.6 is 0 Å². The number of fused-ring (bicyclic) bond motifs is 1. The second kappa shape index (κ2) is 6.68. The van der Waals surface area contributed by atoms with E-state index >= 15 is 0 Å². The van der Waals surface area contributed by atoms with Gasteiger partial charge in [-0.25, -0.2) is 9.97 Å². The summed E-state index contributed by atoms with van der Waals surface area (Å²) in [6.07, 6.45) is 3.80. The number of rotatable bonds is 4. The highest BCUT2D eigenvalue weighted by atomic mass is 16.5. The van der Waals surface area contributed by atoms with Crippen LogP contribution in [0.25, 0.3) is 22.4 Å². The van der Waals surface area contributed by atoms with E-state index in [0.29, 0.717) is 5.92 Å². The Morgan fingerprint density at radius 2 is 2.16 bits per heavy atom. The number of nitrogens with zero attached hydrogens (tertiary/aromatic N) is 4. The zero-order chi connectivity index (χ0) is 17.2. The molecule has 4 rings (SSSR count). The molecule has 1 radical (unpaired) electrons. The molecule has 0 saturated carbocycles. The van der Waals surface area contributed by atoms with Gasteiger partial charge in [0.05, 0.1) is 13.4 Å². The molecule has 3 heterocycles. The molecule has 3 aromatic rings. The van der Waals surface area contributed by atoms with Crippen molar-refractivity contribution in [1.82, 2.24) is 19.9 Å². The molecule has 7 heteroatoms. The molecule has 0 aliphatic carbocycles. The summed E-state index contributed by atoms with van der Waals surface area (Å²) < 4.78 is 5.21. The first-order valence-corrected chi connectivity index (χ1v) is 8.50. The lowest BCUT2D eigenvalue weighted by Gasteiger charge is -2.31. The summed E-state index contributed by atoms with van der Waals surface area (Å²) in [4.78, 5) is 19.2. The Morgan fingerprint density at radius 1 is 1.32 bits per heavy atom. The zero-order valence-electron chi connectivity index (χ0n) is 14.2. The molecule has 0 bridgehead atoms. The molecule has 1 saturated heterocycles. The van der Waals surface area contributed by atoms with Gasteiger partial charge in [-0.15, -0.1) is 0 Å². The van der Waals surface area contributed by atoms with Crippen molar-refractivity contribution in [3.8, 4) is 17.0 Å². The van der Waals surface area contributed by atoms with Crippen LogP contribution in [0.5, 0.6) is 5.75 Å². The first-order valence-electron chi connectivity index (χ1n) is 8.50. The van der Waals surface area contributed by atoms with Crippen LogP contribution in [0.15, 0.2) is 24.5 Å². The number of anilines is 1. The number of methoxy groups -OCH3 is 1.